The summed E-state index contributed by atoms with van der Waals surface area (Å²) in [6.45, 7) is 0. The number of esters is 1. The lowest BCUT2D eigenvalue weighted by molar-refractivity contribution is 0.0590. The highest BCUT2D eigenvalue weighted by molar-refractivity contribution is 9.10. The molecule has 0 aliphatic carbocycles. The Balaban J connectivity index is 2.46. The lowest BCUT2D eigenvalue weighted by Gasteiger charge is -2.11. The van der Waals surface area contributed by atoms with Crippen LogP contribution in [0.2, 0.25) is 0 Å². The Morgan fingerprint density at radius 2 is 2.00 bits per heavy atom. The van der Waals surface area contributed by atoms with Crippen molar-refractivity contribution in [1.29, 1.82) is 0 Å². The first-order chi connectivity index (χ1) is 10.6. The van der Waals surface area contributed by atoms with E-state index in [1.165, 1.54) is 30.5 Å². The van der Waals surface area contributed by atoms with Gasteiger partial charge in [-0.05, 0) is 28.1 Å². The number of hydrogen-bond acceptors (Lipinski definition) is 6. The Morgan fingerprint density at radius 3 is 2.68 bits per heavy atom. The number of ether oxygens (including phenoxy) is 1. The molecule has 0 N–H and O–H groups in total. The van der Waals surface area contributed by atoms with Crippen LogP contribution in [-0.2, 0) is 4.74 Å². The molecule has 3 aromatic rings. The van der Waals surface area contributed by atoms with Gasteiger partial charge in [-0.2, -0.15) is 5.10 Å². The third kappa shape index (κ3) is 2.27. The Hall–Kier alpha value is -2.61. The predicted molar refractivity (Wildman–Crippen MR) is 82.0 cm³/mol. The topological polar surface area (TPSA) is 87.0 Å². The summed E-state index contributed by atoms with van der Waals surface area (Å²) in [5, 5.41) is 4.45. The van der Waals surface area contributed by atoms with Crippen LogP contribution >= 0.6 is 15.9 Å². The van der Waals surface area contributed by atoms with Crippen molar-refractivity contribution in [2.45, 2.75) is 0 Å². The summed E-state index contributed by atoms with van der Waals surface area (Å²) in [5.74, 6) is -0.798. The molecule has 8 heteroatoms. The van der Waals surface area contributed by atoms with Gasteiger partial charge in [0.15, 0.2) is 0 Å². The fourth-order valence-corrected chi connectivity index (χ4v) is 2.60. The fraction of sp³-hybridized carbons (Fsp3) is 0.0714. The zero-order chi connectivity index (χ0) is 15.7. The number of nitrogens with zero attached hydrogens (tertiary/aromatic N) is 4. The zero-order valence-electron chi connectivity index (χ0n) is 11.4. The average molecular weight is 361 g/mol. The standard InChI is InChI=1S/C14H9BrN4O3/c1-22-14(21)12-13(20)11-9(15)3-2-4-10(11)19(18-12)8-5-16-7-17-6-8/h2-7H,1H3. The number of aromatic nitrogens is 4. The highest BCUT2D eigenvalue weighted by atomic mass is 79.9. The van der Waals surface area contributed by atoms with Crippen LogP contribution in [0.15, 0.2) is 46.2 Å². The molecule has 0 saturated heterocycles. The van der Waals surface area contributed by atoms with Crippen LogP contribution in [-0.4, -0.2) is 32.8 Å². The van der Waals surface area contributed by atoms with Gasteiger partial charge in [-0.1, -0.05) is 6.07 Å². The summed E-state index contributed by atoms with van der Waals surface area (Å²) in [7, 11) is 1.20. The third-order valence-corrected chi connectivity index (χ3v) is 3.69. The van der Waals surface area contributed by atoms with Crippen LogP contribution in [0, 0.1) is 0 Å². The molecule has 0 amide bonds. The molecule has 2 aromatic heterocycles. The van der Waals surface area contributed by atoms with Crippen molar-refractivity contribution in [2.24, 2.45) is 0 Å². The lowest BCUT2D eigenvalue weighted by atomic mass is 10.2. The molecule has 2 heterocycles. The van der Waals surface area contributed by atoms with Crippen molar-refractivity contribution in [3.8, 4) is 5.69 Å². The van der Waals surface area contributed by atoms with E-state index in [1.807, 2.05) is 0 Å². The normalized spacial score (nSPS) is 10.6. The summed E-state index contributed by atoms with van der Waals surface area (Å²) in [4.78, 5) is 32.2. The molecule has 0 aliphatic heterocycles. The molecule has 7 nitrogen and oxygen atoms in total. The largest absolute Gasteiger partial charge is 0.464 e. The molecule has 1 aromatic carbocycles. The maximum Gasteiger partial charge on any atom is 0.362 e. The molecule has 0 saturated carbocycles. The minimum atomic E-state index is -0.798. The number of carbonyl (C=O) groups excluding carboxylic acids is 1. The van der Waals surface area contributed by atoms with Gasteiger partial charge in [0.05, 0.1) is 30.4 Å². The van der Waals surface area contributed by atoms with E-state index in [0.717, 1.165) is 0 Å². The minimum absolute atomic E-state index is 0.300. The van der Waals surface area contributed by atoms with E-state index in [9.17, 15) is 9.59 Å². The smallest absolute Gasteiger partial charge is 0.362 e. The van der Waals surface area contributed by atoms with E-state index in [1.54, 1.807) is 18.2 Å². The first-order valence-corrected chi connectivity index (χ1v) is 6.98. The van der Waals surface area contributed by atoms with Gasteiger partial charge in [0.2, 0.25) is 11.1 Å². The second kappa shape index (κ2) is 5.64. The van der Waals surface area contributed by atoms with E-state index in [2.05, 4.69) is 35.7 Å². The summed E-state index contributed by atoms with van der Waals surface area (Å²) < 4.78 is 6.64. The van der Waals surface area contributed by atoms with Crippen molar-refractivity contribution in [3.63, 3.8) is 0 Å². The van der Waals surface area contributed by atoms with Crippen molar-refractivity contribution in [2.75, 3.05) is 7.11 Å². The second-order valence-electron chi connectivity index (χ2n) is 4.31. The Kier molecular flexibility index (Phi) is 3.68. The van der Waals surface area contributed by atoms with Gasteiger partial charge in [-0.25, -0.2) is 19.4 Å². The van der Waals surface area contributed by atoms with Gasteiger partial charge >= 0.3 is 5.97 Å². The number of halogens is 1. The maximum atomic E-state index is 12.5. The van der Waals surface area contributed by atoms with Crippen molar-refractivity contribution >= 4 is 32.8 Å². The molecule has 22 heavy (non-hydrogen) atoms. The van der Waals surface area contributed by atoms with Crippen LogP contribution in [0.5, 0.6) is 0 Å². The molecule has 0 spiro atoms. The maximum absolute atomic E-state index is 12.5. The Labute approximate surface area is 132 Å². The average Bonchev–Trinajstić information content (AvgIpc) is 2.55. The Bertz CT molecular complexity index is 925. The molecule has 3 rings (SSSR count). The van der Waals surface area contributed by atoms with Gasteiger partial charge in [0, 0.05) is 4.47 Å². The van der Waals surface area contributed by atoms with Crippen molar-refractivity contribution in [1.82, 2.24) is 19.7 Å². The van der Waals surface area contributed by atoms with E-state index in [4.69, 9.17) is 0 Å². The molecule has 0 radical (unpaired) electrons. The van der Waals surface area contributed by atoms with Crippen molar-refractivity contribution < 1.29 is 9.53 Å². The first-order valence-electron chi connectivity index (χ1n) is 6.18. The van der Waals surface area contributed by atoms with E-state index in [-0.39, 0.29) is 5.69 Å². The predicted octanol–water partition coefficient (Wildman–Crippen LogP) is 1.72. The molecule has 0 aliphatic rings. The minimum Gasteiger partial charge on any atom is -0.464 e. The van der Waals surface area contributed by atoms with Crippen LogP contribution in [0.1, 0.15) is 10.5 Å². The molecular weight excluding hydrogens is 352 g/mol. The SMILES string of the molecule is COC(=O)c1nn(-c2cncnc2)c2cccc(Br)c2c1=O. The molecule has 0 unspecified atom stereocenters. The quantitative estimate of drug-likeness (QED) is 0.646. The first kappa shape index (κ1) is 14.3. The molecule has 0 bridgehead atoms. The van der Waals surface area contributed by atoms with Gasteiger partial charge < -0.3 is 4.74 Å². The zero-order valence-corrected chi connectivity index (χ0v) is 12.9. The van der Waals surface area contributed by atoms with E-state index >= 15 is 0 Å². The molecule has 110 valence electrons. The molecule has 0 atom stereocenters. The van der Waals surface area contributed by atoms with Gasteiger partial charge in [-0.15, -0.1) is 0 Å². The highest BCUT2D eigenvalue weighted by Gasteiger charge is 2.20. The van der Waals surface area contributed by atoms with Crippen LogP contribution in [0.3, 0.4) is 0 Å². The number of methoxy groups -OCH3 is 1. The molecular formula is C14H9BrN4O3. The van der Waals surface area contributed by atoms with E-state index in [0.29, 0.717) is 21.1 Å². The number of rotatable bonds is 2. The second-order valence-corrected chi connectivity index (χ2v) is 5.17. The summed E-state index contributed by atoms with van der Waals surface area (Å²) in [6.07, 6.45) is 4.45. The lowest BCUT2D eigenvalue weighted by Crippen LogP contribution is -2.23. The van der Waals surface area contributed by atoms with Crippen LogP contribution in [0.4, 0.5) is 0 Å². The highest BCUT2D eigenvalue weighted by Crippen LogP contribution is 2.22. The third-order valence-electron chi connectivity index (χ3n) is 3.03. The Morgan fingerprint density at radius 1 is 1.27 bits per heavy atom. The number of carbonyl (C=O) groups is 1. The number of hydrogen-bond donors (Lipinski definition) is 0. The van der Waals surface area contributed by atoms with E-state index < -0.39 is 11.4 Å². The summed E-state index contributed by atoms with van der Waals surface area (Å²) >= 11 is 3.34. The number of fused-ring (bicyclic) bond motifs is 1. The summed E-state index contributed by atoms with van der Waals surface area (Å²) in [5.41, 5.74) is 0.255. The number of benzene rings is 1. The van der Waals surface area contributed by atoms with Crippen LogP contribution < -0.4 is 5.43 Å². The van der Waals surface area contributed by atoms with Crippen LogP contribution in [0.25, 0.3) is 16.6 Å². The van der Waals surface area contributed by atoms with Gasteiger partial charge in [0.1, 0.15) is 12.0 Å². The molecule has 0 fully saturated rings. The van der Waals surface area contributed by atoms with Gasteiger partial charge in [0.25, 0.3) is 0 Å². The monoisotopic (exact) mass is 360 g/mol. The fourth-order valence-electron chi connectivity index (χ4n) is 2.06. The van der Waals surface area contributed by atoms with Crippen molar-refractivity contribution in [3.05, 3.63) is 57.3 Å². The summed E-state index contributed by atoms with van der Waals surface area (Å²) in [6, 6.07) is 5.21. The van der Waals surface area contributed by atoms with Gasteiger partial charge in [-0.3, -0.25) is 4.79 Å².